The highest BCUT2D eigenvalue weighted by Gasteiger charge is 2.36. The molecule has 1 atom stereocenters. The maximum atomic E-state index is 13.4. The summed E-state index contributed by atoms with van der Waals surface area (Å²) in [7, 11) is 2.09. The maximum absolute atomic E-state index is 13.4. The molecule has 0 spiro atoms. The molecule has 2 saturated heterocycles. The van der Waals surface area contributed by atoms with Crippen molar-refractivity contribution in [3.8, 4) is 0 Å². The van der Waals surface area contributed by atoms with Crippen LogP contribution in [0.25, 0.3) is 0 Å². The number of rotatable bonds is 4. The van der Waals surface area contributed by atoms with Crippen LogP contribution in [0.4, 0.5) is 4.39 Å². The smallest absolute Gasteiger partial charge is 0.241 e. The van der Waals surface area contributed by atoms with Gasteiger partial charge in [0.05, 0.1) is 12.6 Å². The number of carbonyl (C=O) groups is 1. The van der Waals surface area contributed by atoms with Crippen LogP contribution in [-0.2, 0) is 4.79 Å². The second-order valence-electron chi connectivity index (χ2n) is 5.96. The second-order valence-corrected chi connectivity index (χ2v) is 5.96. The first-order chi connectivity index (χ1) is 10.6. The van der Waals surface area contributed by atoms with Crippen molar-refractivity contribution in [2.75, 3.05) is 46.4 Å². The third-order valence-corrected chi connectivity index (χ3v) is 4.40. The number of hydrogen-bond acceptors (Lipinski definition) is 3. The molecule has 22 heavy (non-hydrogen) atoms. The first kappa shape index (κ1) is 16.9. The largest absolute Gasteiger partial charge is 0.305 e. The monoisotopic (exact) mass is 307 g/mol. The van der Waals surface area contributed by atoms with Crippen LogP contribution in [-0.4, -0.2) is 73.1 Å². The molecular weight excluding hydrogens is 281 g/mol. The number of alkyl halides is 1. The Balaban J connectivity index is 2.09. The Morgan fingerprint density at radius 2 is 2.05 bits per heavy atom. The van der Waals surface area contributed by atoms with Crippen molar-refractivity contribution in [1.29, 1.82) is 0 Å². The van der Waals surface area contributed by atoms with Gasteiger partial charge >= 0.3 is 0 Å². The Morgan fingerprint density at radius 1 is 1.36 bits per heavy atom. The van der Waals surface area contributed by atoms with Crippen LogP contribution in [0.15, 0.2) is 36.1 Å². The first-order valence-corrected chi connectivity index (χ1v) is 7.88. The molecule has 0 N–H and O–H groups in total. The summed E-state index contributed by atoms with van der Waals surface area (Å²) in [6.45, 7) is 9.16. The van der Waals surface area contributed by atoms with Crippen molar-refractivity contribution in [2.24, 2.45) is 0 Å². The number of likely N-dealkylation sites (tertiary alicyclic amines) is 1. The quantitative estimate of drug-likeness (QED) is 0.793. The molecule has 1 unspecified atom stereocenters. The summed E-state index contributed by atoms with van der Waals surface area (Å²) < 4.78 is 13.4. The number of hydrogen-bond donors (Lipinski definition) is 0. The summed E-state index contributed by atoms with van der Waals surface area (Å²) >= 11 is 0. The minimum absolute atomic E-state index is 0.00670. The molecule has 2 aliphatic rings. The van der Waals surface area contributed by atoms with Gasteiger partial charge in [-0.15, -0.1) is 0 Å². The third-order valence-electron chi connectivity index (χ3n) is 4.40. The fraction of sp³-hybridized carbons (Fsp3) is 0.588. The topological polar surface area (TPSA) is 26.8 Å². The van der Waals surface area contributed by atoms with E-state index in [9.17, 15) is 9.18 Å². The maximum Gasteiger partial charge on any atom is 0.241 e. The average Bonchev–Trinajstić information content (AvgIpc) is 2.87. The Kier molecular flexibility index (Phi) is 5.91. The van der Waals surface area contributed by atoms with E-state index in [4.69, 9.17) is 0 Å². The summed E-state index contributed by atoms with van der Waals surface area (Å²) in [5.74, 6) is -0.00670. The minimum atomic E-state index is -0.514. The lowest BCUT2D eigenvalue weighted by molar-refractivity contribution is -0.132. The number of piperazine rings is 1. The van der Waals surface area contributed by atoms with Gasteiger partial charge in [-0.25, -0.2) is 4.39 Å². The van der Waals surface area contributed by atoms with Gasteiger partial charge in [-0.05, 0) is 26.0 Å². The zero-order valence-corrected chi connectivity index (χ0v) is 13.6. The Hall–Kier alpha value is -1.46. The molecule has 0 radical (unpaired) electrons. The predicted octanol–water partition coefficient (Wildman–Crippen LogP) is 1.82. The second kappa shape index (κ2) is 7.70. The summed E-state index contributed by atoms with van der Waals surface area (Å²) in [6.07, 6.45) is 6.03. The van der Waals surface area contributed by atoms with E-state index in [1.165, 1.54) is 0 Å². The van der Waals surface area contributed by atoms with Gasteiger partial charge < -0.3 is 9.80 Å². The molecule has 0 bridgehead atoms. The van der Waals surface area contributed by atoms with Crippen LogP contribution in [0, 0.1) is 0 Å². The third kappa shape index (κ3) is 3.65. The molecule has 1 amide bonds. The van der Waals surface area contributed by atoms with Gasteiger partial charge in [0, 0.05) is 31.9 Å². The highest BCUT2D eigenvalue weighted by Crippen LogP contribution is 2.33. The van der Waals surface area contributed by atoms with Crippen molar-refractivity contribution in [1.82, 2.24) is 14.7 Å². The van der Waals surface area contributed by atoms with Gasteiger partial charge in [0.15, 0.2) is 0 Å². The minimum Gasteiger partial charge on any atom is -0.305 e. The molecule has 0 aromatic carbocycles. The van der Waals surface area contributed by atoms with Gasteiger partial charge in [-0.3, -0.25) is 9.69 Å². The van der Waals surface area contributed by atoms with Gasteiger partial charge in [-0.1, -0.05) is 24.8 Å². The van der Waals surface area contributed by atoms with Gasteiger partial charge in [0.25, 0.3) is 0 Å². The average molecular weight is 307 g/mol. The van der Waals surface area contributed by atoms with Crippen LogP contribution >= 0.6 is 0 Å². The Labute approximate surface area is 132 Å². The van der Waals surface area contributed by atoms with E-state index in [-0.39, 0.29) is 11.9 Å². The van der Waals surface area contributed by atoms with E-state index in [1.807, 2.05) is 19.1 Å². The van der Waals surface area contributed by atoms with E-state index >= 15 is 0 Å². The number of nitrogens with zero attached hydrogens (tertiary/aromatic N) is 3. The number of allylic oxidation sites excluding steroid dienone is 4. The van der Waals surface area contributed by atoms with Crippen molar-refractivity contribution < 1.29 is 9.18 Å². The molecule has 2 aliphatic heterocycles. The van der Waals surface area contributed by atoms with Crippen LogP contribution in [0.3, 0.4) is 0 Å². The highest BCUT2D eigenvalue weighted by atomic mass is 19.1. The predicted molar refractivity (Wildman–Crippen MR) is 87.2 cm³/mol. The molecule has 0 aromatic heterocycles. The molecule has 5 heteroatoms. The standard InChI is InChI=1S/C17H26FN3O/c1-4-6-14-11-15(12-18)21(16(14)5-2)17(22)13-20-9-7-19(3)8-10-20/h4-6,15H,1,7-13H2,2-3H3/b14-6-,16-5+. The molecule has 0 aromatic rings. The van der Waals surface area contributed by atoms with Crippen molar-refractivity contribution in [2.45, 2.75) is 19.4 Å². The van der Waals surface area contributed by atoms with Crippen LogP contribution in [0.1, 0.15) is 13.3 Å². The molecule has 0 saturated carbocycles. The normalized spacial score (nSPS) is 27.8. The molecule has 2 heterocycles. The molecule has 0 aliphatic carbocycles. The fourth-order valence-electron chi connectivity index (χ4n) is 3.16. The van der Waals surface area contributed by atoms with Gasteiger partial charge in [-0.2, -0.15) is 0 Å². The Bertz CT molecular complexity index is 478. The molecule has 2 rings (SSSR count). The fourth-order valence-corrected chi connectivity index (χ4v) is 3.16. The summed E-state index contributed by atoms with van der Waals surface area (Å²) in [5, 5.41) is 0. The Morgan fingerprint density at radius 3 is 2.59 bits per heavy atom. The van der Waals surface area contributed by atoms with E-state index in [1.54, 1.807) is 11.0 Å². The van der Waals surface area contributed by atoms with Crippen molar-refractivity contribution >= 4 is 5.91 Å². The van der Waals surface area contributed by atoms with E-state index in [0.29, 0.717) is 13.0 Å². The summed E-state index contributed by atoms with van der Waals surface area (Å²) in [6, 6.07) is -0.377. The zero-order valence-electron chi connectivity index (χ0n) is 13.6. The number of halogens is 1. The summed E-state index contributed by atoms with van der Waals surface area (Å²) in [5.41, 5.74) is 1.83. The van der Waals surface area contributed by atoms with Gasteiger partial charge in [0.2, 0.25) is 5.91 Å². The lowest BCUT2D eigenvalue weighted by atomic mass is 10.1. The van der Waals surface area contributed by atoms with Crippen molar-refractivity contribution in [3.63, 3.8) is 0 Å². The van der Waals surface area contributed by atoms with Crippen LogP contribution < -0.4 is 0 Å². The van der Waals surface area contributed by atoms with Crippen molar-refractivity contribution in [3.05, 3.63) is 36.1 Å². The zero-order chi connectivity index (χ0) is 16.1. The molecule has 122 valence electrons. The molecule has 2 fully saturated rings. The van der Waals surface area contributed by atoms with Crippen LogP contribution in [0.5, 0.6) is 0 Å². The first-order valence-electron chi connectivity index (χ1n) is 7.88. The van der Waals surface area contributed by atoms with Crippen LogP contribution in [0.2, 0.25) is 0 Å². The van der Waals surface area contributed by atoms with E-state index in [2.05, 4.69) is 23.4 Å². The number of likely N-dealkylation sites (N-methyl/N-ethyl adjacent to an activating group) is 1. The number of amides is 1. The highest BCUT2D eigenvalue weighted by molar-refractivity contribution is 5.82. The lowest BCUT2D eigenvalue weighted by Gasteiger charge is -2.33. The lowest BCUT2D eigenvalue weighted by Crippen LogP contribution is -2.49. The number of carbonyl (C=O) groups excluding carboxylic acids is 1. The molecule has 4 nitrogen and oxygen atoms in total. The molecular formula is C17H26FN3O. The van der Waals surface area contributed by atoms with Gasteiger partial charge in [0.1, 0.15) is 6.67 Å². The summed E-state index contributed by atoms with van der Waals surface area (Å²) in [4.78, 5) is 18.7. The SMILES string of the molecule is C=C/C=C1/CC(CF)N(C(=O)CN2CCN(C)CC2)/C1=C/C. The van der Waals surface area contributed by atoms with E-state index < -0.39 is 6.67 Å². The van der Waals surface area contributed by atoms with E-state index in [0.717, 1.165) is 37.4 Å².